The molecule has 4 rings (SSSR count). The van der Waals surface area contributed by atoms with Crippen molar-refractivity contribution >= 4 is 63.1 Å². The highest BCUT2D eigenvalue weighted by Gasteiger charge is 2.30. The van der Waals surface area contributed by atoms with E-state index >= 15 is 0 Å². The van der Waals surface area contributed by atoms with E-state index in [1.165, 1.54) is 25.7 Å². The van der Waals surface area contributed by atoms with Crippen molar-refractivity contribution in [3.05, 3.63) is 32.8 Å². The number of rotatable bonds is 2. The molecule has 3 aliphatic rings. The summed E-state index contributed by atoms with van der Waals surface area (Å²) in [7, 11) is 0. The van der Waals surface area contributed by atoms with Crippen LogP contribution in [-0.2, 0) is 5.75 Å². The zero-order valence-corrected chi connectivity index (χ0v) is 16.1. The number of thioether (sulfide) groups is 1. The van der Waals surface area contributed by atoms with Gasteiger partial charge in [0.15, 0.2) is 0 Å². The molecule has 1 aromatic carbocycles. The van der Waals surface area contributed by atoms with Crippen molar-refractivity contribution in [1.29, 1.82) is 0 Å². The van der Waals surface area contributed by atoms with Gasteiger partial charge in [-0.25, -0.2) is 0 Å². The number of hydrogen-bond donors (Lipinski definition) is 0. The standard InChI is InChI=1S/C16H18Cl3NS2/c17-13-5-6-14(18)15(19)12(13)9-22-16(21)20-7-10-1-2-11(8-20)4-3-10/h5-6,10-11H,1-4,7-9H2. The lowest BCUT2D eigenvalue weighted by atomic mass is 9.84. The molecule has 1 saturated carbocycles. The first kappa shape index (κ1) is 17.2. The van der Waals surface area contributed by atoms with Crippen molar-refractivity contribution in [3.63, 3.8) is 0 Å². The third-order valence-electron chi connectivity index (χ3n) is 4.66. The molecule has 0 spiro atoms. The second kappa shape index (κ2) is 7.48. The van der Waals surface area contributed by atoms with Crippen LogP contribution in [0.1, 0.15) is 31.2 Å². The molecule has 2 aliphatic heterocycles. The summed E-state index contributed by atoms with van der Waals surface area (Å²) in [5.41, 5.74) is 0.876. The Hall–Kier alpha value is 0.330. The lowest BCUT2D eigenvalue weighted by Crippen LogP contribution is -2.31. The SMILES string of the molecule is S=C(SCc1c(Cl)ccc(Cl)c1Cl)N1CC2CCC(CC2)C1. The summed E-state index contributed by atoms with van der Waals surface area (Å²) in [6.45, 7) is 2.22. The first-order valence-electron chi connectivity index (χ1n) is 7.58. The molecule has 2 saturated heterocycles. The predicted octanol–water partition coefficient (Wildman–Crippen LogP) is 6.29. The van der Waals surface area contributed by atoms with Gasteiger partial charge in [-0.2, -0.15) is 0 Å². The summed E-state index contributed by atoms with van der Waals surface area (Å²) in [4.78, 5) is 2.39. The van der Waals surface area contributed by atoms with Gasteiger partial charge in [-0.1, -0.05) is 58.8 Å². The van der Waals surface area contributed by atoms with Gasteiger partial charge in [-0.05, 0) is 49.7 Å². The minimum absolute atomic E-state index is 0.542. The van der Waals surface area contributed by atoms with Crippen molar-refractivity contribution < 1.29 is 0 Å². The van der Waals surface area contributed by atoms with Crippen molar-refractivity contribution in [1.82, 2.24) is 4.90 Å². The van der Waals surface area contributed by atoms with Crippen molar-refractivity contribution in [3.8, 4) is 0 Å². The summed E-state index contributed by atoms with van der Waals surface area (Å²) in [6.07, 6.45) is 5.45. The highest BCUT2D eigenvalue weighted by Crippen LogP contribution is 2.37. The number of nitrogens with zero attached hydrogens (tertiary/aromatic N) is 1. The summed E-state index contributed by atoms with van der Waals surface area (Å²) >= 11 is 25.9. The fourth-order valence-corrected chi connectivity index (χ4v) is 5.44. The van der Waals surface area contributed by atoms with Crippen LogP contribution in [0.4, 0.5) is 0 Å². The van der Waals surface area contributed by atoms with E-state index in [1.54, 1.807) is 23.9 Å². The molecule has 3 fully saturated rings. The van der Waals surface area contributed by atoms with E-state index in [1.807, 2.05) is 0 Å². The van der Waals surface area contributed by atoms with Gasteiger partial charge in [0.25, 0.3) is 0 Å². The largest absolute Gasteiger partial charge is 0.357 e. The smallest absolute Gasteiger partial charge is 0.136 e. The summed E-state index contributed by atoms with van der Waals surface area (Å²) in [5.74, 6) is 2.30. The Bertz CT molecular complexity index is 557. The molecular formula is C16H18Cl3NS2. The van der Waals surface area contributed by atoms with Crippen LogP contribution >= 0.6 is 58.8 Å². The Morgan fingerprint density at radius 2 is 1.59 bits per heavy atom. The Balaban J connectivity index is 1.64. The molecule has 0 radical (unpaired) electrons. The second-order valence-electron chi connectivity index (χ2n) is 6.17. The fourth-order valence-electron chi connectivity index (χ4n) is 3.37. The first-order valence-corrected chi connectivity index (χ1v) is 10.1. The van der Waals surface area contributed by atoms with Crippen LogP contribution in [0.25, 0.3) is 0 Å². The van der Waals surface area contributed by atoms with Gasteiger partial charge in [0, 0.05) is 29.4 Å². The molecule has 1 nitrogen and oxygen atoms in total. The topological polar surface area (TPSA) is 3.24 Å². The van der Waals surface area contributed by atoms with Crippen LogP contribution < -0.4 is 0 Å². The lowest BCUT2D eigenvalue weighted by Gasteiger charge is -2.25. The van der Waals surface area contributed by atoms with E-state index < -0.39 is 0 Å². The van der Waals surface area contributed by atoms with Crippen LogP contribution in [0.15, 0.2) is 12.1 Å². The average Bonchev–Trinajstić information content (AvgIpc) is 2.84. The number of benzene rings is 1. The zero-order valence-electron chi connectivity index (χ0n) is 12.2. The van der Waals surface area contributed by atoms with Crippen molar-refractivity contribution in [2.75, 3.05) is 13.1 Å². The molecule has 22 heavy (non-hydrogen) atoms. The van der Waals surface area contributed by atoms with Crippen molar-refractivity contribution in [2.24, 2.45) is 11.8 Å². The molecule has 2 bridgehead atoms. The van der Waals surface area contributed by atoms with Crippen LogP contribution in [0, 0.1) is 11.8 Å². The van der Waals surface area contributed by atoms with E-state index in [0.29, 0.717) is 20.8 Å². The van der Waals surface area contributed by atoms with Gasteiger partial charge in [0.1, 0.15) is 4.32 Å². The van der Waals surface area contributed by atoms with Gasteiger partial charge in [0.05, 0.1) is 10.0 Å². The van der Waals surface area contributed by atoms with Gasteiger partial charge < -0.3 is 4.90 Å². The molecule has 1 aliphatic carbocycles. The monoisotopic (exact) mass is 393 g/mol. The van der Waals surface area contributed by atoms with Crippen LogP contribution in [0.3, 0.4) is 0 Å². The fraction of sp³-hybridized carbons (Fsp3) is 0.562. The molecule has 0 N–H and O–H groups in total. The highest BCUT2D eigenvalue weighted by molar-refractivity contribution is 8.22. The Kier molecular flexibility index (Phi) is 5.84. The lowest BCUT2D eigenvalue weighted by molar-refractivity contribution is 0.326. The number of fused-ring (bicyclic) bond motifs is 4. The molecule has 0 aromatic heterocycles. The van der Waals surface area contributed by atoms with E-state index in [9.17, 15) is 0 Å². The Morgan fingerprint density at radius 3 is 2.18 bits per heavy atom. The molecule has 6 heteroatoms. The molecule has 0 atom stereocenters. The molecule has 2 heterocycles. The van der Waals surface area contributed by atoms with E-state index in [-0.39, 0.29) is 0 Å². The minimum Gasteiger partial charge on any atom is -0.357 e. The van der Waals surface area contributed by atoms with Crippen LogP contribution in [0.5, 0.6) is 0 Å². The molecule has 0 amide bonds. The van der Waals surface area contributed by atoms with Gasteiger partial charge in [-0.15, -0.1) is 0 Å². The third kappa shape index (κ3) is 3.87. The normalized spacial score (nSPS) is 24.4. The van der Waals surface area contributed by atoms with Crippen LogP contribution in [-0.4, -0.2) is 22.3 Å². The van der Waals surface area contributed by atoms with Crippen molar-refractivity contribution in [2.45, 2.75) is 31.4 Å². The molecular weight excluding hydrogens is 377 g/mol. The van der Waals surface area contributed by atoms with Gasteiger partial charge >= 0.3 is 0 Å². The molecule has 0 unspecified atom stereocenters. The van der Waals surface area contributed by atoms with Gasteiger partial charge in [-0.3, -0.25) is 0 Å². The maximum absolute atomic E-state index is 6.26. The van der Waals surface area contributed by atoms with E-state index in [4.69, 9.17) is 47.0 Å². The van der Waals surface area contributed by atoms with Gasteiger partial charge in [0.2, 0.25) is 0 Å². The zero-order chi connectivity index (χ0) is 15.7. The number of thiocarbonyl (C=S) groups is 1. The quantitative estimate of drug-likeness (QED) is 0.429. The third-order valence-corrected chi connectivity index (χ3v) is 7.41. The Morgan fingerprint density at radius 1 is 1.05 bits per heavy atom. The number of hydrogen-bond acceptors (Lipinski definition) is 2. The number of halogens is 3. The summed E-state index contributed by atoms with van der Waals surface area (Å²) in [5, 5.41) is 1.74. The second-order valence-corrected chi connectivity index (χ2v) is 8.97. The first-order chi connectivity index (χ1) is 10.5. The van der Waals surface area contributed by atoms with E-state index in [0.717, 1.165) is 34.8 Å². The summed E-state index contributed by atoms with van der Waals surface area (Å²) < 4.78 is 0.964. The Labute approximate surface area is 156 Å². The molecule has 120 valence electrons. The molecule has 1 aromatic rings. The van der Waals surface area contributed by atoms with E-state index in [2.05, 4.69) is 4.90 Å². The predicted molar refractivity (Wildman–Crippen MR) is 102 cm³/mol. The maximum Gasteiger partial charge on any atom is 0.136 e. The minimum atomic E-state index is 0.542. The highest BCUT2D eigenvalue weighted by atomic mass is 35.5. The van der Waals surface area contributed by atoms with Crippen LogP contribution in [0.2, 0.25) is 15.1 Å². The summed E-state index contributed by atoms with van der Waals surface area (Å²) in [6, 6.07) is 3.52. The average molecular weight is 395 g/mol. The maximum atomic E-state index is 6.26.